The fourth-order valence-corrected chi connectivity index (χ4v) is 2.72. The van der Waals surface area contributed by atoms with E-state index in [2.05, 4.69) is 5.32 Å². The summed E-state index contributed by atoms with van der Waals surface area (Å²) in [6.45, 7) is 0. The topological polar surface area (TPSA) is 119 Å². The normalized spacial score (nSPS) is 11.4. The van der Waals surface area contributed by atoms with Gasteiger partial charge in [-0.25, -0.2) is 17.9 Å². The van der Waals surface area contributed by atoms with E-state index < -0.39 is 32.1 Å². The van der Waals surface area contributed by atoms with Crippen molar-refractivity contribution in [2.45, 2.75) is 4.90 Å². The zero-order valence-corrected chi connectivity index (χ0v) is 13.3. The number of hydrogen-bond donors (Lipinski definition) is 2. The highest BCUT2D eigenvalue weighted by molar-refractivity contribution is 7.89. The molecular weight excluding hydrogens is 351 g/mol. The zero-order chi connectivity index (χ0) is 18.2. The molecule has 0 fully saturated rings. The highest BCUT2D eigenvalue weighted by Crippen LogP contribution is 2.19. The molecular formula is C16H11FN2O5S. The van der Waals surface area contributed by atoms with Crippen LogP contribution in [-0.2, 0) is 10.0 Å². The number of benzene rings is 2. The minimum absolute atomic E-state index is 0.209. The molecule has 1 amide bonds. The van der Waals surface area contributed by atoms with Gasteiger partial charge in [0.15, 0.2) is 0 Å². The number of halogens is 1. The number of fused-ring (bicyclic) bond motifs is 1. The van der Waals surface area contributed by atoms with Crippen LogP contribution in [0.5, 0.6) is 0 Å². The van der Waals surface area contributed by atoms with Crippen molar-refractivity contribution in [2.24, 2.45) is 5.14 Å². The van der Waals surface area contributed by atoms with Crippen molar-refractivity contribution in [2.75, 3.05) is 5.32 Å². The first-order chi connectivity index (χ1) is 11.8. The number of carbonyl (C=O) groups excluding carboxylic acids is 1. The van der Waals surface area contributed by atoms with Gasteiger partial charge in [0.2, 0.25) is 15.5 Å². The van der Waals surface area contributed by atoms with Crippen LogP contribution in [0, 0.1) is 5.82 Å². The maximum absolute atomic E-state index is 14.0. The van der Waals surface area contributed by atoms with Gasteiger partial charge in [-0.1, -0.05) is 12.1 Å². The first kappa shape index (κ1) is 16.8. The number of para-hydroxylation sites is 1. The Labute approximate surface area is 140 Å². The van der Waals surface area contributed by atoms with E-state index in [9.17, 15) is 22.4 Å². The van der Waals surface area contributed by atoms with E-state index in [1.54, 1.807) is 18.2 Å². The molecule has 2 aromatic carbocycles. The lowest BCUT2D eigenvalue weighted by molar-refractivity contribution is 0.102. The average molecular weight is 362 g/mol. The lowest BCUT2D eigenvalue weighted by Crippen LogP contribution is -2.22. The third-order valence-electron chi connectivity index (χ3n) is 3.44. The minimum Gasteiger partial charge on any atom is -0.463 e. The molecule has 0 saturated heterocycles. The van der Waals surface area contributed by atoms with Crippen molar-refractivity contribution < 1.29 is 22.0 Å². The molecule has 9 heteroatoms. The van der Waals surface area contributed by atoms with Crippen LogP contribution in [0.15, 0.2) is 62.8 Å². The van der Waals surface area contributed by atoms with Crippen LogP contribution >= 0.6 is 0 Å². The summed E-state index contributed by atoms with van der Waals surface area (Å²) in [6, 6.07) is 9.11. The standard InChI is InChI=1S/C16H11FN2O5S/c17-12-7-9(25(18,22)23)5-6-13(12)19-16(21)11-8-24-14-4-2-1-3-10(14)15(11)20/h1-8H,(H,19,21)(H2,18,22,23). The Bertz CT molecular complexity index is 1150. The van der Waals surface area contributed by atoms with Crippen LogP contribution in [0.1, 0.15) is 10.4 Å². The zero-order valence-electron chi connectivity index (χ0n) is 12.5. The highest BCUT2D eigenvalue weighted by atomic mass is 32.2. The molecule has 0 unspecified atom stereocenters. The molecule has 3 aromatic rings. The summed E-state index contributed by atoms with van der Waals surface area (Å²) in [7, 11) is -4.07. The maximum atomic E-state index is 14.0. The van der Waals surface area contributed by atoms with Gasteiger partial charge in [0, 0.05) is 0 Å². The first-order valence-corrected chi connectivity index (χ1v) is 8.46. The molecule has 3 N–H and O–H groups in total. The quantitative estimate of drug-likeness (QED) is 0.737. The summed E-state index contributed by atoms with van der Waals surface area (Å²) in [5.74, 6) is -1.90. The lowest BCUT2D eigenvalue weighted by atomic mass is 10.1. The Morgan fingerprint density at radius 1 is 1.16 bits per heavy atom. The summed E-state index contributed by atoms with van der Waals surface area (Å²) < 4.78 is 41.6. The number of carbonyl (C=O) groups is 1. The van der Waals surface area contributed by atoms with Crippen LogP contribution in [0.25, 0.3) is 11.0 Å². The minimum atomic E-state index is -4.07. The molecule has 0 aliphatic rings. The molecule has 0 atom stereocenters. The molecule has 1 aromatic heterocycles. The maximum Gasteiger partial charge on any atom is 0.262 e. The Kier molecular flexibility index (Phi) is 4.11. The Hall–Kier alpha value is -3.04. The van der Waals surface area contributed by atoms with Crippen molar-refractivity contribution in [3.63, 3.8) is 0 Å². The van der Waals surface area contributed by atoms with Crippen LogP contribution < -0.4 is 15.9 Å². The summed E-state index contributed by atoms with van der Waals surface area (Å²) >= 11 is 0. The van der Waals surface area contributed by atoms with Gasteiger partial charge in [-0.3, -0.25) is 9.59 Å². The third kappa shape index (κ3) is 3.28. The number of anilines is 1. The highest BCUT2D eigenvalue weighted by Gasteiger charge is 2.17. The van der Waals surface area contributed by atoms with Crippen molar-refractivity contribution in [3.05, 3.63) is 70.3 Å². The average Bonchev–Trinajstić information content (AvgIpc) is 2.56. The predicted molar refractivity (Wildman–Crippen MR) is 88.2 cm³/mol. The van der Waals surface area contributed by atoms with Gasteiger partial charge in [0.25, 0.3) is 5.91 Å². The number of sulfonamides is 1. The number of hydrogen-bond acceptors (Lipinski definition) is 5. The molecule has 0 bridgehead atoms. The first-order valence-electron chi connectivity index (χ1n) is 6.91. The SMILES string of the molecule is NS(=O)(=O)c1ccc(NC(=O)c2coc3ccccc3c2=O)c(F)c1. The second kappa shape index (κ2) is 6.11. The smallest absolute Gasteiger partial charge is 0.262 e. The monoisotopic (exact) mass is 362 g/mol. The van der Waals surface area contributed by atoms with E-state index in [-0.39, 0.29) is 16.6 Å². The van der Waals surface area contributed by atoms with Gasteiger partial charge in [0.1, 0.15) is 23.2 Å². The third-order valence-corrected chi connectivity index (χ3v) is 4.35. The second-order valence-electron chi connectivity index (χ2n) is 5.12. The number of nitrogens with two attached hydrogens (primary N) is 1. The number of rotatable bonds is 3. The summed E-state index contributed by atoms with van der Waals surface area (Å²) in [4.78, 5) is 24.1. The van der Waals surface area contributed by atoms with Gasteiger partial charge >= 0.3 is 0 Å². The Balaban J connectivity index is 1.96. The van der Waals surface area contributed by atoms with Gasteiger partial charge in [-0.2, -0.15) is 0 Å². The van der Waals surface area contributed by atoms with Crippen LogP contribution in [0.2, 0.25) is 0 Å². The van der Waals surface area contributed by atoms with Crippen molar-refractivity contribution in [1.29, 1.82) is 0 Å². The molecule has 25 heavy (non-hydrogen) atoms. The Morgan fingerprint density at radius 3 is 2.56 bits per heavy atom. The molecule has 3 rings (SSSR count). The van der Waals surface area contributed by atoms with E-state index in [1.165, 1.54) is 6.07 Å². The molecule has 128 valence electrons. The van der Waals surface area contributed by atoms with Crippen molar-refractivity contribution >= 4 is 32.6 Å². The number of primary sulfonamides is 1. The van der Waals surface area contributed by atoms with E-state index in [0.29, 0.717) is 11.6 Å². The summed E-state index contributed by atoms with van der Waals surface area (Å²) in [5, 5.41) is 7.31. The molecule has 0 spiro atoms. The fraction of sp³-hybridized carbons (Fsp3) is 0. The molecule has 7 nitrogen and oxygen atoms in total. The molecule has 0 radical (unpaired) electrons. The predicted octanol–water partition coefficient (Wildman–Crippen LogP) is 1.83. The van der Waals surface area contributed by atoms with Crippen molar-refractivity contribution in [1.82, 2.24) is 0 Å². The largest absolute Gasteiger partial charge is 0.463 e. The van der Waals surface area contributed by atoms with E-state index in [1.807, 2.05) is 0 Å². The molecule has 0 saturated carbocycles. The molecule has 1 heterocycles. The van der Waals surface area contributed by atoms with Gasteiger partial charge in [0.05, 0.1) is 16.0 Å². The Morgan fingerprint density at radius 2 is 1.88 bits per heavy atom. The van der Waals surface area contributed by atoms with Crippen LogP contribution in [0.3, 0.4) is 0 Å². The van der Waals surface area contributed by atoms with Gasteiger partial charge < -0.3 is 9.73 Å². The molecule has 0 aliphatic carbocycles. The second-order valence-corrected chi connectivity index (χ2v) is 6.68. The number of amides is 1. The number of nitrogens with one attached hydrogen (secondary N) is 1. The van der Waals surface area contributed by atoms with E-state index in [4.69, 9.17) is 9.56 Å². The van der Waals surface area contributed by atoms with Crippen LogP contribution in [-0.4, -0.2) is 14.3 Å². The lowest BCUT2D eigenvalue weighted by Gasteiger charge is -2.07. The summed E-state index contributed by atoms with van der Waals surface area (Å²) in [5.41, 5.74) is -0.868. The molecule has 0 aliphatic heterocycles. The summed E-state index contributed by atoms with van der Waals surface area (Å²) in [6.07, 6.45) is 0.983. The van der Waals surface area contributed by atoms with Crippen LogP contribution in [0.4, 0.5) is 10.1 Å². The van der Waals surface area contributed by atoms with Gasteiger partial charge in [-0.05, 0) is 30.3 Å². The van der Waals surface area contributed by atoms with Gasteiger partial charge in [-0.15, -0.1) is 0 Å². The fourth-order valence-electron chi connectivity index (χ4n) is 2.20. The van der Waals surface area contributed by atoms with E-state index >= 15 is 0 Å². The van der Waals surface area contributed by atoms with E-state index in [0.717, 1.165) is 18.4 Å². The van der Waals surface area contributed by atoms with Crippen molar-refractivity contribution in [3.8, 4) is 0 Å².